The lowest BCUT2D eigenvalue weighted by Crippen LogP contribution is -2.44. The molecular formula is C19H36O2. The first-order valence-electron chi connectivity index (χ1n) is 9.23. The lowest BCUT2D eigenvalue weighted by Gasteiger charge is -2.37. The first-order valence-corrected chi connectivity index (χ1v) is 9.23. The standard InChI is InChI=1S/C19H36O2/c1-4-5-6-7-8-9-10-11-14-18(20)19(21-3)15-12-13-17(2)16-19/h17H,4-16H2,1-3H3. The molecule has 1 saturated carbocycles. The summed E-state index contributed by atoms with van der Waals surface area (Å²) in [6.45, 7) is 4.50. The van der Waals surface area contributed by atoms with Crippen LogP contribution in [0.2, 0.25) is 0 Å². The van der Waals surface area contributed by atoms with E-state index in [1.807, 2.05) is 0 Å². The van der Waals surface area contributed by atoms with Gasteiger partial charge in [-0.05, 0) is 31.6 Å². The summed E-state index contributed by atoms with van der Waals surface area (Å²) in [7, 11) is 1.73. The minimum absolute atomic E-state index is 0.363. The number of rotatable bonds is 11. The Morgan fingerprint density at radius 2 is 1.71 bits per heavy atom. The summed E-state index contributed by atoms with van der Waals surface area (Å²) in [5.74, 6) is 0.990. The van der Waals surface area contributed by atoms with Crippen molar-refractivity contribution < 1.29 is 9.53 Å². The van der Waals surface area contributed by atoms with E-state index in [0.717, 1.165) is 32.1 Å². The molecule has 0 radical (unpaired) electrons. The van der Waals surface area contributed by atoms with Crippen LogP contribution in [-0.2, 0) is 9.53 Å². The van der Waals surface area contributed by atoms with E-state index in [1.54, 1.807) is 7.11 Å². The first kappa shape index (κ1) is 18.7. The quantitative estimate of drug-likeness (QED) is 0.458. The van der Waals surface area contributed by atoms with E-state index in [2.05, 4.69) is 13.8 Å². The van der Waals surface area contributed by atoms with Gasteiger partial charge in [-0.1, -0.05) is 65.2 Å². The molecule has 1 rings (SSSR count). The number of ether oxygens (including phenoxy) is 1. The number of carbonyl (C=O) groups excluding carboxylic acids is 1. The monoisotopic (exact) mass is 296 g/mol. The number of hydrogen-bond donors (Lipinski definition) is 0. The molecule has 124 valence electrons. The van der Waals surface area contributed by atoms with Gasteiger partial charge >= 0.3 is 0 Å². The molecule has 2 heteroatoms. The Morgan fingerprint density at radius 3 is 2.29 bits per heavy atom. The van der Waals surface area contributed by atoms with Crippen LogP contribution >= 0.6 is 0 Å². The third kappa shape index (κ3) is 6.50. The maximum Gasteiger partial charge on any atom is 0.164 e. The van der Waals surface area contributed by atoms with Gasteiger partial charge in [-0.2, -0.15) is 0 Å². The minimum atomic E-state index is -0.446. The van der Waals surface area contributed by atoms with Crippen LogP contribution in [-0.4, -0.2) is 18.5 Å². The van der Waals surface area contributed by atoms with E-state index in [0.29, 0.717) is 11.7 Å². The molecule has 0 amide bonds. The average Bonchev–Trinajstić information content (AvgIpc) is 2.49. The SMILES string of the molecule is CCCCCCCCCCC(=O)C1(OC)CCCC(C)C1. The normalized spacial score (nSPS) is 26.0. The number of unbranched alkanes of at least 4 members (excludes halogenated alkanes) is 7. The fourth-order valence-electron chi connectivity index (χ4n) is 3.70. The molecule has 2 nitrogen and oxygen atoms in total. The van der Waals surface area contributed by atoms with Crippen molar-refractivity contribution in [1.82, 2.24) is 0 Å². The zero-order chi connectivity index (χ0) is 15.6. The molecule has 0 bridgehead atoms. The Morgan fingerprint density at radius 1 is 1.10 bits per heavy atom. The molecular weight excluding hydrogens is 260 g/mol. The summed E-state index contributed by atoms with van der Waals surface area (Å²) in [6.07, 6.45) is 15.3. The van der Waals surface area contributed by atoms with Gasteiger partial charge < -0.3 is 4.74 Å². The lowest BCUT2D eigenvalue weighted by molar-refractivity contribution is -0.147. The molecule has 0 aromatic heterocycles. The van der Waals surface area contributed by atoms with Crippen molar-refractivity contribution in [3.63, 3.8) is 0 Å². The molecule has 0 aromatic rings. The van der Waals surface area contributed by atoms with Crippen LogP contribution in [0.3, 0.4) is 0 Å². The van der Waals surface area contributed by atoms with Gasteiger partial charge in [0.15, 0.2) is 5.78 Å². The van der Waals surface area contributed by atoms with Crippen molar-refractivity contribution in [3.05, 3.63) is 0 Å². The maximum absolute atomic E-state index is 12.5. The molecule has 2 unspecified atom stereocenters. The summed E-state index contributed by atoms with van der Waals surface area (Å²) in [6, 6.07) is 0. The highest BCUT2D eigenvalue weighted by molar-refractivity contribution is 5.87. The van der Waals surface area contributed by atoms with Crippen molar-refractivity contribution in [3.8, 4) is 0 Å². The number of methoxy groups -OCH3 is 1. The van der Waals surface area contributed by atoms with E-state index < -0.39 is 5.60 Å². The first-order chi connectivity index (χ1) is 10.1. The zero-order valence-corrected chi connectivity index (χ0v) is 14.6. The summed E-state index contributed by atoms with van der Waals surface area (Å²) >= 11 is 0. The molecule has 1 aliphatic carbocycles. The van der Waals surface area contributed by atoms with Crippen LogP contribution in [0.25, 0.3) is 0 Å². The highest BCUT2D eigenvalue weighted by Crippen LogP contribution is 2.36. The third-order valence-electron chi connectivity index (χ3n) is 5.11. The van der Waals surface area contributed by atoms with Gasteiger partial charge in [-0.3, -0.25) is 4.79 Å². The summed E-state index contributed by atoms with van der Waals surface area (Å²) in [5.41, 5.74) is -0.446. The van der Waals surface area contributed by atoms with Gasteiger partial charge in [0.25, 0.3) is 0 Å². The molecule has 2 atom stereocenters. The van der Waals surface area contributed by atoms with Crippen LogP contribution in [0.4, 0.5) is 0 Å². The highest BCUT2D eigenvalue weighted by Gasteiger charge is 2.40. The van der Waals surface area contributed by atoms with Crippen LogP contribution < -0.4 is 0 Å². The Balaban J connectivity index is 2.17. The summed E-state index contributed by atoms with van der Waals surface area (Å²) in [4.78, 5) is 12.5. The predicted molar refractivity (Wildman–Crippen MR) is 89.6 cm³/mol. The molecule has 0 N–H and O–H groups in total. The van der Waals surface area contributed by atoms with Crippen LogP contribution in [0.15, 0.2) is 0 Å². The molecule has 21 heavy (non-hydrogen) atoms. The van der Waals surface area contributed by atoms with Crippen LogP contribution in [0, 0.1) is 5.92 Å². The maximum atomic E-state index is 12.5. The Labute approximate surface area is 132 Å². The van der Waals surface area contributed by atoms with E-state index in [9.17, 15) is 4.79 Å². The van der Waals surface area contributed by atoms with Gasteiger partial charge in [-0.15, -0.1) is 0 Å². The summed E-state index contributed by atoms with van der Waals surface area (Å²) < 4.78 is 5.68. The van der Waals surface area contributed by atoms with Crippen LogP contribution in [0.1, 0.15) is 97.3 Å². The van der Waals surface area contributed by atoms with Gasteiger partial charge in [-0.25, -0.2) is 0 Å². The molecule has 0 aromatic carbocycles. The average molecular weight is 296 g/mol. The van der Waals surface area contributed by atoms with Crippen LogP contribution in [0.5, 0.6) is 0 Å². The fraction of sp³-hybridized carbons (Fsp3) is 0.947. The van der Waals surface area contributed by atoms with E-state index in [4.69, 9.17) is 4.74 Å². The fourth-order valence-corrected chi connectivity index (χ4v) is 3.70. The zero-order valence-electron chi connectivity index (χ0n) is 14.6. The molecule has 1 fully saturated rings. The number of ketones is 1. The predicted octanol–water partition coefficient (Wildman–Crippen LogP) is 5.68. The molecule has 0 heterocycles. The second-order valence-electron chi connectivity index (χ2n) is 7.05. The summed E-state index contributed by atoms with van der Waals surface area (Å²) in [5, 5.41) is 0. The van der Waals surface area contributed by atoms with Gasteiger partial charge in [0.05, 0.1) is 0 Å². The Hall–Kier alpha value is -0.370. The Bertz CT molecular complexity index is 287. The minimum Gasteiger partial charge on any atom is -0.370 e. The second-order valence-corrected chi connectivity index (χ2v) is 7.05. The molecule has 0 aliphatic heterocycles. The van der Waals surface area contributed by atoms with E-state index in [-0.39, 0.29) is 0 Å². The third-order valence-corrected chi connectivity index (χ3v) is 5.11. The van der Waals surface area contributed by atoms with Crippen molar-refractivity contribution in [2.45, 2.75) is 103 Å². The van der Waals surface area contributed by atoms with Crippen molar-refractivity contribution in [1.29, 1.82) is 0 Å². The van der Waals surface area contributed by atoms with Gasteiger partial charge in [0.1, 0.15) is 5.60 Å². The molecule has 0 saturated heterocycles. The second kappa shape index (κ2) is 10.4. The van der Waals surface area contributed by atoms with E-state index in [1.165, 1.54) is 51.4 Å². The van der Waals surface area contributed by atoms with Crippen molar-refractivity contribution >= 4 is 5.78 Å². The highest BCUT2D eigenvalue weighted by atomic mass is 16.5. The topological polar surface area (TPSA) is 26.3 Å². The molecule has 0 spiro atoms. The Kier molecular flexibility index (Phi) is 9.23. The largest absolute Gasteiger partial charge is 0.370 e. The number of carbonyl (C=O) groups is 1. The smallest absolute Gasteiger partial charge is 0.164 e. The van der Waals surface area contributed by atoms with Gasteiger partial charge in [0, 0.05) is 13.5 Å². The molecule has 1 aliphatic rings. The number of Topliss-reactive ketones (excluding diaryl/α,β-unsaturated/α-hetero) is 1. The van der Waals surface area contributed by atoms with Gasteiger partial charge in [0.2, 0.25) is 0 Å². The number of hydrogen-bond acceptors (Lipinski definition) is 2. The van der Waals surface area contributed by atoms with Crippen molar-refractivity contribution in [2.24, 2.45) is 5.92 Å². The van der Waals surface area contributed by atoms with E-state index >= 15 is 0 Å². The lowest BCUT2D eigenvalue weighted by atomic mass is 9.75. The van der Waals surface area contributed by atoms with Crippen molar-refractivity contribution in [2.75, 3.05) is 7.11 Å².